The van der Waals surface area contributed by atoms with Gasteiger partial charge in [-0.2, -0.15) is 0 Å². The molecule has 0 radical (unpaired) electrons. The molecule has 8 nitrogen and oxygen atoms in total. The molecule has 5 rings (SSSR count). The minimum absolute atomic E-state index is 0.0920. The molecule has 0 bridgehead atoms. The average molecular weight is 543 g/mol. The van der Waals surface area contributed by atoms with Crippen molar-refractivity contribution < 1.29 is 19.1 Å². The Bertz CT molecular complexity index is 1290. The molecule has 1 saturated carbocycles. The number of nitrogens with one attached hydrogen (secondary N) is 2. The largest absolute Gasteiger partial charge is 0.495 e. The van der Waals surface area contributed by atoms with Gasteiger partial charge in [-0.1, -0.05) is 49.6 Å². The van der Waals surface area contributed by atoms with E-state index in [0.717, 1.165) is 69.0 Å². The van der Waals surface area contributed by atoms with Crippen LogP contribution in [0.5, 0.6) is 11.5 Å². The highest BCUT2D eigenvalue weighted by Gasteiger charge is 2.25. The van der Waals surface area contributed by atoms with Crippen molar-refractivity contribution in [1.82, 2.24) is 5.32 Å². The van der Waals surface area contributed by atoms with Crippen molar-refractivity contribution in [2.45, 2.75) is 38.1 Å². The Balaban J connectivity index is 1.30. The van der Waals surface area contributed by atoms with Crippen LogP contribution < -0.4 is 29.9 Å². The normalized spacial score (nSPS) is 15.8. The number of piperazine rings is 1. The molecule has 40 heavy (non-hydrogen) atoms. The predicted octanol–water partition coefficient (Wildman–Crippen LogP) is 5.10. The third-order valence-electron chi connectivity index (χ3n) is 7.62. The summed E-state index contributed by atoms with van der Waals surface area (Å²) in [6.07, 6.45) is 5.51. The molecule has 2 N–H and O–H groups in total. The van der Waals surface area contributed by atoms with Gasteiger partial charge < -0.3 is 29.9 Å². The fourth-order valence-corrected chi connectivity index (χ4v) is 5.52. The van der Waals surface area contributed by atoms with Gasteiger partial charge in [0.2, 0.25) is 0 Å². The van der Waals surface area contributed by atoms with Crippen LogP contribution in [0.3, 0.4) is 0 Å². The Kier molecular flexibility index (Phi) is 9.06. The molecule has 8 heteroatoms. The molecule has 1 saturated heterocycles. The van der Waals surface area contributed by atoms with E-state index in [4.69, 9.17) is 9.47 Å². The summed E-state index contributed by atoms with van der Waals surface area (Å²) in [6, 6.07) is 23.1. The van der Waals surface area contributed by atoms with Crippen LogP contribution in [0.2, 0.25) is 0 Å². The zero-order valence-electron chi connectivity index (χ0n) is 23.1. The van der Waals surface area contributed by atoms with E-state index in [2.05, 4.69) is 26.5 Å². The van der Waals surface area contributed by atoms with Crippen LogP contribution in [-0.4, -0.2) is 57.8 Å². The minimum Gasteiger partial charge on any atom is -0.495 e. The Morgan fingerprint density at radius 3 is 2.23 bits per heavy atom. The van der Waals surface area contributed by atoms with Crippen LogP contribution in [0.1, 0.15) is 42.5 Å². The van der Waals surface area contributed by atoms with Gasteiger partial charge in [0.15, 0.2) is 6.61 Å². The smallest absolute Gasteiger partial charge is 0.262 e. The standard InChI is InChI=1S/C32H38N4O4/c1-39-30-15-9-8-14-29(30)36-20-18-35(19-21-36)28-17-16-25(33-31(37)23-40-26-12-6-3-7-13-26)22-27(28)32(38)34-24-10-4-2-5-11-24/h3,6-9,12-17,22,24H,2,4-5,10-11,18-21,23H2,1H3,(H,33,37)(H,34,38). The number of anilines is 3. The third-order valence-corrected chi connectivity index (χ3v) is 7.62. The first-order valence-electron chi connectivity index (χ1n) is 14.2. The molecule has 0 atom stereocenters. The highest BCUT2D eigenvalue weighted by Crippen LogP contribution is 2.31. The van der Waals surface area contributed by atoms with Crippen molar-refractivity contribution in [2.24, 2.45) is 0 Å². The van der Waals surface area contributed by atoms with Gasteiger partial charge in [-0.3, -0.25) is 9.59 Å². The number of amides is 2. The lowest BCUT2D eigenvalue weighted by Gasteiger charge is -2.38. The van der Waals surface area contributed by atoms with E-state index < -0.39 is 0 Å². The summed E-state index contributed by atoms with van der Waals surface area (Å²) in [5.74, 6) is 1.12. The fourth-order valence-electron chi connectivity index (χ4n) is 5.52. The van der Waals surface area contributed by atoms with E-state index in [1.165, 1.54) is 6.42 Å². The first-order valence-corrected chi connectivity index (χ1v) is 14.2. The lowest BCUT2D eigenvalue weighted by atomic mass is 9.95. The van der Waals surface area contributed by atoms with Gasteiger partial charge in [0.05, 0.1) is 18.4 Å². The molecule has 1 aliphatic heterocycles. The summed E-state index contributed by atoms with van der Waals surface area (Å²) in [4.78, 5) is 30.8. The van der Waals surface area contributed by atoms with E-state index >= 15 is 0 Å². The van der Waals surface area contributed by atoms with Crippen molar-refractivity contribution in [2.75, 3.05) is 55.0 Å². The van der Waals surface area contributed by atoms with E-state index in [9.17, 15) is 9.59 Å². The number of para-hydroxylation sites is 3. The molecule has 0 aromatic heterocycles. The van der Waals surface area contributed by atoms with Crippen LogP contribution >= 0.6 is 0 Å². The number of methoxy groups -OCH3 is 1. The molecule has 1 heterocycles. The number of carbonyl (C=O) groups excluding carboxylic acids is 2. The molecular formula is C32H38N4O4. The van der Waals surface area contributed by atoms with Crippen molar-refractivity contribution >= 4 is 28.9 Å². The van der Waals surface area contributed by atoms with Gasteiger partial charge in [0.1, 0.15) is 11.5 Å². The summed E-state index contributed by atoms with van der Waals surface area (Å²) < 4.78 is 11.2. The average Bonchev–Trinajstić information content (AvgIpc) is 3.01. The molecule has 3 aromatic rings. The topological polar surface area (TPSA) is 83.1 Å². The number of carbonyl (C=O) groups is 2. The molecule has 0 spiro atoms. The summed E-state index contributed by atoms with van der Waals surface area (Å²) in [5, 5.41) is 6.16. The van der Waals surface area contributed by atoms with Crippen LogP contribution in [0.4, 0.5) is 17.1 Å². The lowest BCUT2D eigenvalue weighted by Crippen LogP contribution is -2.47. The van der Waals surface area contributed by atoms with E-state index in [1.807, 2.05) is 60.7 Å². The summed E-state index contributed by atoms with van der Waals surface area (Å²) in [7, 11) is 1.69. The second-order valence-electron chi connectivity index (χ2n) is 10.3. The zero-order chi connectivity index (χ0) is 27.7. The summed E-state index contributed by atoms with van der Waals surface area (Å²) in [5.41, 5.74) is 3.12. The minimum atomic E-state index is -0.277. The zero-order valence-corrected chi connectivity index (χ0v) is 23.1. The van der Waals surface area contributed by atoms with Crippen LogP contribution in [0.15, 0.2) is 72.8 Å². The van der Waals surface area contributed by atoms with Gasteiger partial charge in [-0.25, -0.2) is 0 Å². The maximum absolute atomic E-state index is 13.6. The van der Waals surface area contributed by atoms with Crippen molar-refractivity contribution in [3.63, 3.8) is 0 Å². The van der Waals surface area contributed by atoms with Gasteiger partial charge in [0, 0.05) is 43.6 Å². The van der Waals surface area contributed by atoms with Crippen molar-refractivity contribution in [3.05, 3.63) is 78.4 Å². The van der Waals surface area contributed by atoms with Crippen LogP contribution in [-0.2, 0) is 4.79 Å². The third kappa shape index (κ3) is 6.86. The van der Waals surface area contributed by atoms with Gasteiger partial charge >= 0.3 is 0 Å². The first-order chi connectivity index (χ1) is 19.6. The van der Waals surface area contributed by atoms with Crippen LogP contribution in [0.25, 0.3) is 0 Å². The van der Waals surface area contributed by atoms with Gasteiger partial charge in [-0.15, -0.1) is 0 Å². The van der Waals surface area contributed by atoms with Gasteiger partial charge in [0.25, 0.3) is 11.8 Å². The number of benzene rings is 3. The molecular weight excluding hydrogens is 504 g/mol. The number of hydrogen-bond acceptors (Lipinski definition) is 6. The maximum Gasteiger partial charge on any atom is 0.262 e. The SMILES string of the molecule is COc1ccccc1N1CCN(c2ccc(NC(=O)COc3ccccc3)cc2C(=O)NC2CCCCC2)CC1. The Hall–Kier alpha value is -4.20. The quantitative estimate of drug-likeness (QED) is 0.392. The summed E-state index contributed by atoms with van der Waals surface area (Å²) in [6.45, 7) is 3.02. The van der Waals surface area contributed by atoms with Crippen molar-refractivity contribution in [1.29, 1.82) is 0 Å². The number of nitrogens with zero attached hydrogens (tertiary/aromatic N) is 2. The van der Waals surface area contributed by atoms with Crippen molar-refractivity contribution in [3.8, 4) is 11.5 Å². The van der Waals surface area contributed by atoms with E-state index in [1.54, 1.807) is 13.2 Å². The second-order valence-corrected chi connectivity index (χ2v) is 10.3. The Morgan fingerprint density at radius 2 is 1.50 bits per heavy atom. The second kappa shape index (κ2) is 13.2. The highest BCUT2D eigenvalue weighted by molar-refractivity contribution is 6.02. The highest BCUT2D eigenvalue weighted by atomic mass is 16.5. The molecule has 2 aliphatic rings. The van der Waals surface area contributed by atoms with Crippen LogP contribution in [0, 0.1) is 0 Å². The molecule has 210 valence electrons. The molecule has 0 unspecified atom stereocenters. The monoisotopic (exact) mass is 542 g/mol. The van der Waals surface area contributed by atoms with E-state index in [0.29, 0.717) is 17.0 Å². The number of ether oxygens (including phenoxy) is 2. The maximum atomic E-state index is 13.6. The molecule has 1 aliphatic carbocycles. The first kappa shape index (κ1) is 27.4. The molecule has 3 aromatic carbocycles. The fraction of sp³-hybridized carbons (Fsp3) is 0.375. The number of rotatable bonds is 9. The Morgan fingerprint density at radius 1 is 0.825 bits per heavy atom. The Labute approximate surface area is 236 Å². The molecule has 2 amide bonds. The predicted molar refractivity (Wildman–Crippen MR) is 159 cm³/mol. The van der Waals surface area contributed by atoms with E-state index in [-0.39, 0.29) is 24.5 Å². The molecule has 2 fully saturated rings. The number of hydrogen-bond donors (Lipinski definition) is 2. The van der Waals surface area contributed by atoms with Gasteiger partial charge in [-0.05, 0) is 55.3 Å². The lowest BCUT2D eigenvalue weighted by molar-refractivity contribution is -0.118. The summed E-state index contributed by atoms with van der Waals surface area (Å²) >= 11 is 0.